The van der Waals surface area contributed by atoms with Gasteiger partial charge in [-0.1, -0.05) is 18.6 Å². The number of Topliss-reactive ketones (excluding diaryl/α,β-unsaturated/α-hetero) is 1. The topological polar surface area (TPSA) is 115 Å². The van der Waals surface area contributed by atoms with Crippen molar-refractivity contribution in [3.8, 4) is 0 Å². The molecule has 3 saturated carbocycles. The quantitative estimate of drug-likeness (QED) is 0.484. The van der Waals surface area contributed by atoms with E-state index in [4.69, 9.17) is 11.6 Å². The third-order valence-electron chi connectivity index (χ3n) is 8.40. The minimum Gasteiger partial charge on any atom is -0.390 e. The van der Waals surface area contributed by atoms with Crippen molar-refractivity contribution >= 4 is 23.2 Å². The number of ketones is 2. The van der Waals surface area contributed by atoms with E-state index in [-0.39, 0.29) is 25.0 Å². The monoisotopic (exact) mass is 428 g/mol. The molecule has 4 rings (SSSR count). The number of fused-ring (bicyclic) bond motifs is 5. The molecular formula is C21H26ClFO6. The maximum Gasteiger partial charge on any atom is 0.192 e. The summed E-state index contributed by atoms with van der Waals surface area (Å²) in [7, 11) is 0. The van der Waals surface area contributed by atoms with Crippen molar-refractivity contribution in [3.05, 3.63) is 23.8 Å². The van der Waals surface area contributed by atoms with E-state index in [1.54, 1.807) is 13.8 Å². The highest BCUT2D eigenvalue weighted by Crippen LogP contribution is 2.70. The van der Waals surface area contributed by atoms with E-state index in [1.165, 1.54) is 18.2 Å². The number of rotatable bonds is 2. The summed E-state index contributed by atoms with van der Waals surface area (Å²) >= 11 is 6.63. The highest BCUT2D eigenvalue weighted by molar-refractivity contribution is 6.21. The van der Waals surface area contributed by atoms with Crippen molar-refractivity contribution < 1.29 is 34.4 Å². The lowest BCUT2D eigenvalue weighted by molar-refractivity contribution is -0.221. The minimum absolute atomic E-state index is 0.0806. The average molecular weight is 429 g/mol. The van der Waals surface area contributed by atoms with Gasteiger partial charge in [-0.25, -0.2) is 4.39 Å². The summed E-state index contributed by atoms with van der Waals surface area (Å²) in [5.41, 5.74) is -6.69. The Morgan fingerprint density at radius 1 is 1.31 bits per heavy atom. The largest absolute Gasteiger partial charge is 0.390 e. The van der Waals surface area contributed by atoms with Gasteiger partial charge in [0.05, 0.1) is 12.2 Å². The van der Waals surface area contributed by atoms with Crippen LogP contribution in [0.1, 0.15) is 33.1 Å². The first-order valence-electron chi connectivity index (χ1n) is 9.87. The second-order valence-corrected chi connectivity index (χ2v) is 10.0. The van der Waals surface area contributed by atoms with Crippen LogP contribution in [-0.2, 0) is 9.59 Å². The lowest BCUT2D eigenvalue weighted by Crippen LogP contribution is -2.71. The number of carbonyl (C=O) groups excluding carboxylic acids is 2. The van der Waals surface area contributed by atoms with E-state index in [9.17, 15) is 30.0 Å². The summed E-state index contributed by atoms with van der Waals surface area (Å²) in [5, 5.41) is 41.5. The molecule has 6 nitrogen and oxygen atoms in total. The standard InChI is InChI=1S/C21H26ClFO6/c1-18-4-3-11(25)5-10(18)6-13(22)17-12-7-14(26)21(29,16(28)9-24)19(12,2)8-15(27)20(17,18)23/h3-5,12-15,17,24,26-27,29H,6-9H2,1-2H3/t12-,13?,14?,15?,17+,18-,19-,20+,21-/m0/s1. The number of allylic oxidation sites excluding steroid dienone is 4. The molecule has 4 N–H and O–H groups in total. The van der Waals surface area contributed by atoms with E-state index in [1.807, 2.05) is 0 Å². The second-order valence-electron chi connectivity index (χ2n) is 9.46. The number of aliphatic hydroxyl groups is 4. The zero-order chi connectivity index (χ0) is 21.6. The van der Waals surface area contributed by atoms with E-state index in [2.05, 4.69) is 0 Å². The van der Waals surface area contributed by atoms with Crippen LogP contribution in [0.25, 0.3) is 0 Å². The minimum atomic E-state index is -2.30. The Morgan fingerprint density at radius 2 is 1.97 bits per heavy atom. The summed E-state index contributed by atoms with van der Waals surface area (Å²) < 4.78 is 16.9. The Morgan fingerprint density at radius 3 is 2.59 bits per heavy atom. The first-order chi connectivity index (χ1) is 13.4. The Labute approximate surface area is 173 Å². The maximum absolute atomic E-state index is 16.9. The van der Waals surface area contributed by atoms with Gasteiger partial charge in [0.2, 0.25) is 0 Å². The first-order valence-corrected chi connectivity index (χ1v) is 10.3. The second kappa shape index (κ2) is 6.20. The van der Waals surface area contributed by atoms with Crippen LogP contribution in [0.4, 0.5) is 4.39 Å². The van der Waals surface area contributed by atoms with Crippen LogP contribution in [0.3, 0.4) is 0 Å². The molecule has 0 radical (unpaired) electrons. The van der Waals surface area contributed by atoms with Crippen molar-refractivity contribution in [2.45, 2.75) is 62.0 Å². The molecule has 3 fully saturated rings. The summed E-state index contributed by atoms with van der Waals surface area (Å²) in [6.07, 6.45) is 0.846. The van der Waals surface area contributed by atoms with Gasteiger partial charge in [-0.15, -0.1) is 11.6 Å². The summed E-state index contributed by atoms with van der Waals surface area (Å²) in [6.45, 7) is 2.19. The normalized spacial score (nSPS) is 53.7. The van der Waals surface area contributed by atoms with Crippen LogP contribution in [-0.4, -0.2) is 67.5 Å². The van der Waals surface area contributed by atoms with Crippen LogP contribution < -0.4 is 0 Å². The van der Waals surface area contributed by atoms with Gasteiger partial charge in [0.15, 0.2) is 22.8 Å². The fourth-order valence-electron chi connectivity index (χ4n) is 6.79. The van der Waals surface area contributed by atoms with Crippen LogP contribution in [0.2, 0.25) is 0 Å². The van der Waals surface area contributed by atoms with Gasteiger partial charge in [0.1, 0.15) is 6.61 Å². The molecule has 3 unspecified atom stereocenters. The number of alkyl halides is 2. The predicted molar refractivity (Wildman–Crippen MR) is 102 cm³/mol. The van der Waals surface area contributed by atoms with Gasteiger partial charge in [0.25, 0.3) is 0 Å². The fourth-order valence-corrected chi connectivity index (χ4v) is 7.31. The van der Waals surface area contributed by atoms with E-state index in [0.29, 0.717) is 5.57 Å². The molecule has 0 amide bonds. The first kappa shape index (κ1) is 21.1. The highest BCUT2D eigenvalue weighted by atomic mass is 35.5. The maximum atomic E-state index is 16.9. The number of hydrogen-bond donors (Lipinski definition) is 4. The summed E-state index contributed by atoms with van der Waals surface area (Å²) in [5.74, 6) is -2.91. The Hall–Kier alpha value is -1.12. The molecule has 0 aromatic rings. The molecule has 8 heteroatoms. The number of carbonyl (C=O) groups is 2. The smallest absolute Gasteiger partial charge is 0.192 e. The van der Waals surface area contributed by atoms with Gasteiger partial charge < -0.3 is 20.4 Å². The SMILES string of the molecule is C[C@]12C=CC(=O)C=C1CC(Cl)[C@H]1[C@@H]3CC(O)[C@](O)(C(=O)CO)[C@@]3(C)CC(O)[C@@]12F. The van der Waals surface area contributed by atoms with Crippen molar-refractivity contribution in [3.63, 3.8) is 0 Å². The van der Waals surface area contributed by atoms with Gasteiger partial charge in [0, 0.05) is 22.1 Å². The summed E-state index contributed by atoms with van der Waals surface area (Å²) in [6, 6.07) is 0. The number of halogens is 2. The Kier molecular flexibility index (Phi) is 4.52. The van der Waals surface area contributed by atoms with Crippen LogP contribution >= 0.6 is 11.6 Å². The van der Waals surface area contributed by atoms with E-state index in [0.717, 1.165) is 0 Å². The molecule has 0 aliphatic heterocycles. The van der Waals surface area contributed by atoms with Gasteiger partial charge in [-0.3, -0.25) is 9.59 Å². The average Bonchev–Trinajstić information content (AvgIpc) is 2.85. The van der Waals surface area contributed by atoms with Crippen molar-refractivity contribution in [2.24, 2.45) is 22.7 Å². The zero-order valence-corrected chi connectivity index (χ0v) is 17.1. The molecule has 0 bridgehead atoms. The molecule has 0 aromatic heterocycles. The molecule has 4 aliphatic carbocycles. The van der Waals surface area contributed by atoms with Crippen molar-refractivity contribution in [1.29, 1.82) is 0 Å². The van der Waals surface area contributed by atoms with Gasteiger partial charge in [-0.2, -0.15) is 0 Å². The highest BCUT2D eigenvalue weighted by Gasteiger charge is 2.77. The molecule has 0 saturated heterocycles. The van der Waals surface area contributed by atoms with Crippen LogP contribution in [0, 0.1) is 22.7 Å². The van der Waals surface area contributed by atoms with Crippen molar-refractivity contribution in [1.82, 2.24) is 0 Å². The lowest BCUT2D eigenvalue weighted by Gasteiger charge is -2.63. The molecule has 0 aromatic carbocycles. The predicted octanol–water partition coefficient (Wildman–Crippen LogP) is 0.838. The molecule has 0 spiro atoms. The van der Waals surface area contributed by atoms with Gasteiger partial charge >= 0.3 is 0 Å². The van der Waals surface area contributed by atoms with Crippen LogP contribution in [0.15, 0.2) is 23.8 Å². The Bertz CT molecular complexity index is 843. The van der Waals surface area contributed by atoms with E-state index >= 15 is 4.39 Å². The molecule has 160 valence electrons. The van der Waals surface area contributed by atoms with Crippen molar-refractivity contribution in [2.75, 3.05) is 6.61 Å². The van der Waals surface area contributed by atoms with Crippen LogP contribution in [0.5, 0.6) is 0 Å². The number of hydrogen-bond acceptors (Lipinski definition) is 6. The number of aliphatic hydroxyl groups excluding tert-OH is 3. The van der Waals surface area contributed by atoms with Gasteiger partial charge in [-0.05, 0) is 44.3 Å². The third kappa shape index (κ3) is 2.26. The molecule has 9 atom stereocenters. The fraction of sp³-hybridized carbons (Fsp3) is 0.714. The zero-order valence-electron chi connectivity index (χ0n) is 16.3. The van der Waals surface area contributed by atoms with E-state index < -0.39 is 63.9 Å². The molecule has 4 aliphatic rings. The molecular weight excluding hydrogens is 403 g/mol. The molecule has 0 heterocycles. The third-order valence-corrected chi connectivity index (χ3v) is 8.83. The molecule has 29 heavy (non-hydrogen) atoms. The summed E-state index contributed by atoms with van der Waals surface area (Å²) in [4.78, 5) is 24.3. The Balaban J connectivity index is 1.88. The lowest BCUT2D eigenvalue weighted by atomic mass is 9.44.